The molecule has 0 aliphatic rings. The summed E-state index contributed by atoms with van der Waals surface area (Å²) in [6, 6.07) is 27.3. The molecule has 0 atom stereocenters. The number of aryl methyl sites for hydroxylation is 4. The van der Waals surface area contributed by atoms with Crippen molar-refractivity contribution < 1.29 is 24.5 Å². The summed E-state index contributed by atoms with van der Waals surface area (Å²) in [4.78, 5) is 13.4. The minimum absolute atomic E-state index is 0. The van der Waals surface area contributed by atoms with Gasteiger partial charge >= 0.3 is 0 Å². The van der Waals surface area contributed by atoms with Crippen LogP contribution in [0, 0.1) is 45.2 Å². The Bertz CT molecular complexity index is 2120. The van der Waals surface area contributed by atoms with Crippen LogP contribution in [0.2, 0.25) is 0 Å². The van der Waals surface area contributed by atoms with Crippen molar-refractivity contribution in [2.75, 3.05) is 0 Å². The zero-order valence-corrected chi connectivity index (χ0v) is 29.3. The molecule has 0 fully saturated rings. The number of nitrogens with zero attached hydrogens (tertiary/aromatic N) is 3. The van der Waals surface area contributed by atoms with Gasteiger partial charge in [0, 0.05) is 61.1 Å². The Balaban J connectivity index is 0.000000212. The second-order valence-corrected chi connectivity index (χ2v) is 12.9. The smallest absolute Gasteiger partial charge is 0.128 e. The van der Waals surface area contributed by atoms with Crippen molar-refractivity contribution in [3.8, 4) is 22.5 Å². The summed E-state index contributed by atoms with van der Waals surface area (Å²) in [6.07, 6.45) is 8.56. The molecule has 7 aromatic rings. The molecule has 4 aromatic heterocycles. The second kappa shape index (κ2) is 13.0. The average Bonchev–Trinajstić information content (AvgIpc) is 3.39. The predicted molar refractivity (Wildman–Crippen MR) is 182 cm³/mol. The van der Waals surface area contributed by atoms with Crippen LogP contribution < -0.4 is 0 Å². The Morgan fingerprint density at radius 2 is 1.47 bits per heavy atom. The summed E-state index contributed by atoms with van der Waals surface area (Å²) in [5, 5.41) is 4.35. The first-order chi connectivity index (χ1) is 21.1. The van der Waals surface area contributed by atoms with E-state index >= 15 is 0 Å². The summed E-state index contributed by atoms with van der Waals surface area (Å²) < 4.78 is 6.42. The van der Waals surface area contributed by atoms with Crippen LogP contribution in [0.3, 0.4) is 0 Å². The van der Waals surface area contributed by atoms with Crippen LogP contribution in [0.1, 0.15) is 48.6 Å². The van der Waals surface area contributed by atoms with E-state index in [1.165, 1.54) is 27.8 Å². The Hall–Kier alpha value is -4.18. The van der Waals surface area contributed by atoms with Gasteiger partial charge in [0.05, 0.1) is 5.58 Å². The Morgan fingerprint density at radius 1 is 0.711 bits per heavy atom. The molecule has 4 heterocycles. The number of pyridine rings is 3. The van der Waals surface area contributed by atoms with Crippen LogP contribution >= 0.6 is 0 Å². The molecule has 1 radical (unpaired) electrons. The zero-order valence-electron chi connectivity index (χ0n) is 26.9. The number of benzene rings is 3. The fourth-order valence-electron chi connectivity index (χ4n) is 5.45. The van der Waals surface area contributed by atoms with Crippen molar-refractivity contribution in [1.29, 1.82) is 0 Å². The van der Waals surface area contributed by atoms with Gasteiger partial charge in [-0.3, -0.25) is 4.98 Å². The average molecular weight is 768 g/mol. The molecule has 0 aliphatic heterocycles. The molecule has 0 saturated heterocycles. The zero-order chi connectivity index (χ0) is 31.0. The summed E-state index contributed by atoms with van der Waals surface area (Å²) in [5.41, 5.74) is 12.1. The van der Waals surface area contributed by atoms with Crippen molar-refractivity contribution in [3.63, 3.8) is 0 Å². The van der Waals surface area contributed by atoms with Gasteiger partial charge in [-0.2, -0.15) is 0 Å². The molecule has 0 amide bonds. The summed E-state index contributed by atoms with van der Waals surface area (Å²) >= 11 is 0. The van der Waals surface area contributed by atoms with Crippen LogP contribution in [-0.4, -0.2) is 15.0 Å². The summed E-state index contributed by atoms with van der Waals surface area (Å²) in [6.45, 7) is 15.2. The Labute approximate surface area is 279 Å². The van der Waals surface area contributed by atoms with Gasteiger partial charge in [-0.25, -0.2) is 0 Å². The van der Waals surface area contributed by atoms with E-state index in [2.05, 4.69) is 113 Å². The predicted octanol–water partition coefficient (Wildman–Crippen LogP) is 10.4. The second-order valence-electron chi connectivity index (χ2n) is 12.9. The Kier molecular flexibility index (Phi) is 9.34. The molecular weight excluding hydrogens is 731 g/mol. The van der Waals surface area contributed by atoms with Gasteiger partial charge in [-0.1, -0.05) is 74.0 Å². The largest absolute Gasteiger partial charge is 0.500 e. The van der Waals surface area contributed by atoms with Crippen molar-refractivity contribution in [1.82, 2.24) is 15.0 Å². The third-order valence-electron chi connectivity index (χ3n) is 8.02. The van der Waals surface area contributed by atoms with E-state index in [1.54, 1.807) is 0 Å². The van der Waals surface area contributed by atoms with E-state index in [-0.39, 0.29) is 25.5 Å². The van der Waals surface area contributed by atoms with E-state index < -0.39 is 0 Å². The molecule has 7 rings (SSSR count). The van der Waals surface area contributed by atoms with Crippen LogP contribution in [0.25, 0.3) is 55.2 Å². The van der Waals surface area contributed by atoms with Crippen molar-refractivity contribution in [2.24, 2.45) is 5.41 Å². The summed E-state index contributed by atoms with van der Waals surface area (Å²) in [5.74, 6) is 0. The minimum Gasteiger partial charge on any atom is -0.500 e. The van der Waals surface area contributed by atoms with E-state index in [0.717, 1.165) is 61.6 Å². The Morgan fingerprint density at radius 3 is 2.20 bits per heavy atom. The number of furan rings is 1. The number of aromatic nitrogens is 3. The van der Waals surface area contributed by atoms with Crippen LogP contribution in [0.15, 0.2) is 89.9 Å². The van der Waals surface area contributed by atoms with Gasteiger partial charge in [-0.05, 0) is 61.2 Å². The topological polar surface area (TPSA) is 51.8 Å². The van der Waals surface area contributed by atoms with Gasteiger partial charge in [0.1, 0.15) is 5.58 Å². The number of rotatable bonds is 3. The normalized spacial score (nSPS) is 11.4. The maximum atomic E-state index is 6.42. The summed E-state index contributed by atoms with van der Waals surface area (Å²) in [7, 11) is 0. The molecule has 5 heteroatoms. The third kappa shape index (κ3) is 6.91. The molecule has 3 aromatic carbocycles. The van der Waals surface area contributed by atoms with E-state index in [4.69, 9.17) is 9.40 Å². The fourth-order valence-corrected chi connectivity index (χ4v) is 5.45. The van der Waals surface area contributed by atoms with Gasteiger partial charge < -0.3 is 14.4 Å². The van der Waals surface area contributed by atoms with Crippen LogP contribution in [0.5, 0.6) is 0 Å². The van der Waals surface area contributed by atoms with E-state index in [9.17, 15) is 0 Å². The number of hydrogen-bond donors (Lipinski definition) is 0. The molecule has 0 bridgehead atoms. The standard InChI is InChI=1S/C26H23N2O.C14H14N.Ir/c1-16-14-28-23(12-18(16)13-26(2,3)4)22-7-5-6-20-21-9-8-17-15-27-11-10-19(17)24(21)29-25(20)22;1-10-4-6-13(7-5-10)14-8-11(2)12(3)9-15-14;/h5-6,8-12,14-15H,13H2,1-4H3;4-6,8-9H,1-3H3;/q2*-1;. The van der Waals surface area contributed by atoms with Gasteiger partial charge in [-0.15, -0.1) is 53.6 Å². The van der Waals surface area contributed by atoms with Gasteiger partial charge in [0.2, 0.25) is 0 Å². The first kappa shape index (κ1) is 32.2. The molecule has 0 saturated carbocycles. The van der Waals surface area contributed by atoms with Crippen molar-refractivity contribution >= 4 is 32.7 Å². The fraction of sp³-hybridized carbons (Fsp3) is 0.225. The van der Waals surface area contributed by atoms with Gasteiger partial charge in [0.15, 0.2) is 0 Å². The van der Waals surface area contributed by atoms with Gasteiger partial charge in [0.25, 0.3) is 0 Å². The van der Waals surface area contributed by atoms with Crippen molar-refractivity contribution in [3.05, 3.63) is 125 Å². The molecule has 45 heavy (non-hydrogen) atoms. The SMILES string of the molecule is Cc1c[c-]c(-c2cc(C)c(C)cn2)cc1.Cc1cnc(-c2[c-]ccc3c2oc2c4ccncc4ccc32)cc1CC(C)(C)C.[Ir]. The molecular formula is C40H37IrN3O-2. The molecule has 0 N–H and O–H groups in total. The van der Waals surface area contributed by atoms with E-state index in [0.29, 0.717) is 0 Å². The number of fused-ring (bicyclic) bond motifs is 5. The maximum absolute atomic E-state index is 6.42. The molecule has 0 aliphatic carbocycles. The minimum atomic E-state index is 0. The first-order valence-corrected chi connectivity index (χ1v) is 15.0. The monoisotopic (exact) mass is 768 g/mol. The van der Waals surface area contributed by atoms with E-state index in [1.807, 2.05) is 43.0 Å². The molecule has 0 unspecified atom stereocenters. The molecule has 4 nitrogen and oxygen atoms in total. The molecule has 0 spiro atoms. The maximum Gasteiger partial charge on any atom is 0.128 e. The van der Waals surface area contributed by atoms with Crippen LogP contribution in [-0.2, 0) is 26.5 Å². The molecule has 229 valence electrons. The number of hydrogen-bond acceptors (Lipinski definition) is 4. The first-order valence-electron chi connectivity index (χ1n) is 15.0. The van der Waals surface area contributed by atoms with Crippen molar-refractivity contribution in [2.45, 2.75) is 54.9 Å². The third-order valence-corrected chi connectivity index (χ3v) is 8.02. The van der Waals surface area contributed by atoms with Crippen LogP contribution in [0.4, 0.5) is 0 Å². The quantitative estimate of drug-likeness (QED) is 0.168.